The van der Waals surface area contributed by atoms with Crippen LogP contribution < -0.4 is 10.5 Å². The lowest BCUT2D eigenvalue weighted by Crippen LogP contribution is -2.10. The predicted molar refractivity (Wildman–Crippen MR) is 118 cm³/mol. The normalized spacial score (nSPS) is 11.2. The van der Waals surface area contributed by atoms with E-state index in [9.17, 15) is 4.79 Å². The smallest absolute Gasteiger partial charge is 0.344 e. The quantitative estimate of drug-likeness (QED) is 0.354. The molecule has 0 bridgehead atoms. The van der Waals surface area contributed by atoms with Crippen LogP contribution in [0.5, 0.6) is 5.75 Å². The number of rotatable bonds is 6. The average molecular weight is 425 g/mol. The van der Waals surface area contributed by atoms with Gasteiger partial charge in [-0.25, -0.2) is 14.8 Å². The molecule has 0 aliphatic carbocycles. The lowest BCUT2D eigenvalue weighted by atomic mass is 10.2. The number of benzene rings is 2. The Kier molecular flexibility index (Phi) is 5.46. The third-order valence-corrected chi connectivity index (χ3v) is 5.12. The van der Waals surface area contributed by atoms with E-state index >= 15 is 0 Å². The number of nitrogens with two attached hydrogens (primary N) is 1. The Hall–Kier alpha value is -3.32. The van der Waals surface area contributed by atoms with E-state index in [1.165, 1.54) is 0 Å². The number of hydrogen-bond acceptors (Lipinski definition) is 6. The lowest BCUT2D eigenvalue weighted by Gasteiger charge is -2.10. The zero-order valence-corrected chi connectivity index (χ0v) is 17.4. The molecule has 0 saturated carbocycles. The molecule has 0 aliphatic rings. The molecule has 7 nitrogen and oxygen atoms in total. The molecular weight excluding hydrogens is 404 g/mol. The summed E-state index contributed by atoms with van der Waals surface area (Å²) >= 11 is 6.33. The van der Waals surface area contributed by atoms with Crippen molar-refractivity contribution in [2.24, 2.45) is 0 Å². The number of anilines is 1. The Morgan fingerprint density at radius 3 is 2.57 bits per heavy atom. The summed E-state index contributed by atoms with van der Waals surface area (Å²) in [5, 5.41) is 0.414. The predicted octanol–water partition coefficient (Wildman–Crippen LogP) is 4.77. The maximum atomic E-state index is 12.9. The topological polar surface area (TPSA) is 92.3 Å². The van der Waals surface area contributed by atoms with Gasteiger partial charge in [-0.3, -0.25) is 4.57 Å². The van der Waals surface area contributed by atoms with Gasteiger partial charge < -0.3 is 15.2 Å². The second kappa shape index (κ2) is 8.20. The van der Waals surface area contributed by atoms with Gasteiger partial charge in [-0.1, -0.05) is 37.1 Å². The molecule has 4 aromatic rings. The molecule has 0 unspecified atom stereocenters. The third-order valence-electron chi connectivity index (χ3n) is 4.83. The van der Waals surface area contributed by atoms with E-state index in [2.05, 4.69) is 4.98 Å². The van der Waals surface area contributed by atoms with Gasteiger partial charge >= 0.3 is 5.97 Å². The van der Waals surface area contributed by atoms with Gasteiger partial charge in [-0.05, 0) is 36.8 Å². The van der Waals surface area contributed by atoms with E-state index in [4.69, 9.17) is 31.8 Å². The van der Waals surface area contributed by atoms with Gasteiger partial charge in [0.05, 0.1) is 35.5 Å². The first-order valence-corrected chi connectivity index (χ1v) is 10.0. The molecule has 0 atom stereocenters. The van der Waals surface area contributed by atoms with Crippen molar-refractivity contribution in [3.05, 3.63) is 53.1 Å². The molecule has 0 radical (unpaired) electrons. The molecular formula is C22H21ClN4O3. The van der Waals surface area contributed by atoms with E-state index in [1.54, 1.807) is 29.9 Å². The molecule has 0 amide bonds. The number of unbranched alkanes of at least 4 members (excludes halogenated alkanes) is 1. The second-order valence-electron chi connectivity index (χ2n) is 6.79. The number of aromatic nitrogens is 3. The Labute approximate surface area is 178 Å². The summed E-state index contributed by atoms with van der Waals surface area (Å²) in [6.45, 7) is 2.34. The summed E-state index contributed by atoms with van der Waals surface area (Å²) in [5.74, 6) is 0.211. The highest BCUT2D eigenvalue weighted by Gasteiger charge is 2.26. The molecule has 0 fully saturated rings. The first kappa shape index (κ1) is 20.0. The highest BCUT2D eigenvalue weighted by atomic mass is 35.5. The number of nitrogen functional groups attached to an aromatic ring is 1. The molecule has 2 aromatic carbocycles. The number of nitrogens with zero attached hydrogens (tertiary/aromatic N) is 3. The van der Waals surface area contributed by atoms with Crippen molar-refractivity contribution in [3.8, 4) is 11.4 Å². The van der Waals surface area contributed by atoms with Crippen LogP contribution in [0.2, 0.25) is 5.02 Å². The van der Waals surface area contributed by atoms with Crippen molar-refractivity contribution in [1.29, 1.82) is 0 Å². The molecule has 4 rings (SSSR count). The summed E-state index contributed by atoms with van der Waals surface area (Å²) in [7, 11) is 1.54. The largest absolute Gasteiger partial charge is 0.495 e. The number of carbonyl (C=O) groups is 1. The van der Waals surface area contributed by atoms with E-state index in [0.29, 0.717) is 45.3 Å². The Bertz CT molecular complexity index is 1250. The van der Waals surface area contributed by atoms with Gasteiger partial charge in [0.15, 0.2) is 5.65 Å². The minimum absolute atomic E-state index is 0.197. The highest BCUT2D eigenvalue weighted by Crippen LogP contribution is 2.34. The lowest BCUT2D eigenvalue weighted by molar-refractivity contribution is 0.0503. The van der Waals surface area contributed by atoms with E-state index in [0.717, 1.165) is 12.8 Å². The molecule has 2 N–H and O–H groups in total. The Morgan fingerprint density at radius 1 is 1.17 bits per heavy atom. The van der Waals surface area contributed by atoms with Crippen LogP contribution in [0, 0.1) is 0 Å². The summed E-state index contributed by atoms with van der Waals surface area (Å²) < 4.78 is 12.3. The summed E-state index contributed by atoms with van der Waals surface area (Å²) in [5.41, 5.74) is 9.48. The van der Waals surface area contributed by atoms with Crippen molar-refractivity contribution < 1.29 is 14.3 Å². The molecule has 0 spiro atoms. The van der Waals surface area contributed by atoms with Gasteiger partial charge in [-0.2, -0.15) is 0 Å². The fourth-order valence-corrected chi connectivity index (χ4v) is 3.55. The first-order valence-electron chi connectivity index (χ1n) is 9.62. The molecule has 154 valence electrons. The van der Waals surface area contributed by atoms with Crippen molar-refractivity contribution >= 4 is 45.6 Å². The number of carbonyl (C=O) groups excluding carboxylic acids is 1. The molecule has 8 heteroatoms. The van der Waals surface area contributed by atoms with E-state index < -0.39 is 5.97 Å². The fraction of sp³-hybridized carbons (Fsp3) is 0.227. The van der Waals surface area contributed by atoms with Crippen LogP contribution in [-0.4, -0.2) is 34.2 Å². The van der Waals surface area contributed by atoms with Gasteiger partial charge in [0, 0.05) is 0 Å². The van der Waals surface area contributed by atoms with Gasteiger partial charge in [0.2, 0.25) is 0 Å². The molecule has 0 aliphatic heterocycles. The van der Waals surface area contributed by atoms with Crippen molar-refractivity contribution in [1.82, 2.24) is 14.5 Å². The van der Waals surface area contributed by atoms with Gasteiger partial charge in [0.25, 0.3) is 0 Å². The maximum absolute atomic E-state index is 12.9. The fourth-order valence-electron chi connectivity index (χ4n) is 3.30. The molecule has 30 heavy (non-hydrogen) atoms. The van der Waals surface area contributed by atoms with Crippen LogP contribution >= 0.6 is 11.6 Å². The second-order valence-corrected chi connectivity index (χ2v) is 7.20. The van der Waals surface area contributed by atoms with Crippen molar-refractivity contribution in [2.75, 3.05) is 19.5 Å². The van der Waals surface area contributed by atoms with Crippen LogP contribution in [0.1, 0.15) is 30.1 Å². The number of halogens is 1. The number of para-hydroxylation sites is 2. The van der Waals surface area contributed by atoms with Crippen LogP contribution in [0.15, 0.2) is 42.5 Å². The minimum atomic E-state index is -0.520. The molecule has 2 heterocycles. The summed E-state index contributed by atoms with van der Waals surface area (Å²) in [6, 6.07) is 12.7. The molecule has 0 saturated heterocycles. The Morgan fingerprint density at radius 2 is 1.90 bits per heavy atom. The number of esters is 1. The number of methoxy groups -OCH3 is 1. The monoisotopic (exact) mass is 424 g/mol. The average Bonchev–Trinajstić information content (AvgIpc) is 3.02. The number of ether oxygens (including phenoxy) is 2. The summed E-state index contributed by atoms with van der Waals surface area (Å²) in [6.07, 6.45) is 1.69. The maximum Gasteiger partial charge on any atom is 0.344 e. The summed E-state index contributed by atoms with van der Waals surface area (Å²) in [4.78, 5) is 22.3. The highest BCUT2D eigenvalue weighted by molar-refractivity contribution is 6.32. The van der Waals surface area contributed by atoms with Crippen LogP contribution in [-0.2, 0) is 4.74 Å². The van der Waals surface area contributed by atoms with Crippen LogP contribution in [0.4, 0.5) is 5.82 Å². The minimum Gasteiger partial charge on any atom is -0.495 e. The number of fused-ring (bicyclic) bond motifs is 2. The third kappa shape index (κ3) is 3.41. The van der Waals surface area contributed by atoms with Crippen LogP contribution in [0.3, 0.4) is 0 Å². The Balaban J connectivity index is 1.97. The zero-order chi connectivity index (χ0) is 21.3. The zero-order valence-electron chi connectivity index (χ0n) is 16.7. The SMILES string of the molecule is CCCCOC(=O)c1c(N)n(-c2ccc(OC)c(Cl)c2)c2nc3ccccc3nc12. The van der Waals surface area contributed by atoms with Crippen LogP contribution in [0.25, 0.3) is 27.9 Å². The van der Waals surface area contributed by atoms with E-state index in [-0.39, 0.29) is 11.4 Å². The first-order chi connectivity index (χ1) is 14.5. The molecule has 2 aromatic heterocycles. The standard InChI is InChI=1S/C22H21ClN4O3/c1-3-4-11-30-22(28)18-19-21(26-16-8-6-5-7-15(16)25-19)27(20(18)24)13-9-10-17(29-2)14(23)12-13/h5-10,12H,3-4,11,24H2,1-2H3. The van der Waals surface area contributed by atoms with Crippen molar-refractivity contribution in [2.45, 2.75) is 19.8 Å². The van der Waals surface area contributed by atoms with Crippen molar-refractivity contribution in [3.63, 3.8) is 0 Å². The van der Waals surface area contributed by atoms with E-state index in [1.807, 2.05) is 31.2 Å². The number of hydrogen-bond donors (Lipinski definition) is 1. The van der Waals surface area contributed by atoms with Gasteiger partial charge in [0.1, 0.15) is 22.6 Å². The van der Waals surface area contributed by atoms with Gasteiger partial charge in [-0.15, -0.1) is 0 Å².